The molecule has 1 rings (SSSR count). The van der Waals surface area contributed by atoms with Crippen LogP contribution in [0.1, 0.15) is 110 Å². The van der Waals surface area contributed by atoms with Gasteiger partial charge in [-0.2, -0.15) is 0 Å². The minimum absolute atomic E-state index is 0.103. The lowest BCUT2D eigenvalue weighted by molar-refractivity contribution is -0.736. The van der Waals surface area contributed by atoms with Crippen molar-refractivity contribution in [2.45, 2.75) is 110 Å². The highest BCUT2D eigenvalue weighted by molar-refractivity contribution is 7.45. The van der Waals surface area contributed by atoms with Crippen LogP contribution in [0.2, 0.25) is 0 Å². The average molecular weight is 445 g/mol. The number of quaternary nitrogens is 1. The van der Waals surface area contributed by atoms with Crippen molar-refractivity contribution in [3.8, 4) is 0 Å². The number of phosphoric acid groups is 1. The Bertz CT molecular complexity index is 488. The average Bonchev–Trinajstić information content (AvgIpc) is 3.23. The van der Waals surface area contributed by atoms with Crippen molar-refractivity contribution in [2.75, 3.05) is 19.8 Å². The maximum absolute atomic E-state index is 11.7. The van der Waals surface area contributed by atoms with Gasteiger partial charge in [0.15, 0.2) is 6.34 Å². The second kappa shape index (κ2) is 19.2. The highest BCUT2D eigenvalue weighted by atomic mass is 31.2. The molecule has 0 bridgehead atoms. The Labute approximate surface area is 184 Å². The number of hydrogen-bond donors (Lipinski definition) is 1. The number of unbranched alkanes of at least 4 members (excludes halogenated alkanes) is 15. The molecular formula is C23H45N2O4P. The molecule has 1 aliphatic heterocycles. The van der Waals surface area contributed by atoms with Gasteiger partial charge in [0.2, 0.25) is 0 Å². The molecule has 1 heterocycles. The highest BCUT2D eigenvalue weighted by Gasteiger charge is 2.12. The standard InChI is InChI=1S/C23H45N2O4P/c1-2-3-4-5-6-7-8-9-10-11-12-13-14-15-16-17-21-28-30(26,27)29-22-20-25-19-18-24-23-25/h18-19,23H,2-17,20-22H2,1H3,(H,26,27). The van der Waals surface area contributed by atoms with Gasteiger partial charge in [0, 0.05) is 0 Å². The molecule has 0 aromatic carbocycles. The first-order chi connectivity index (χ1) is 14.6. The molecular weight excluding hydrogens is 399 g/mol. The van der Waals surface area contributed by atoms with E-state index in [-0.39, 0.29) is 13.2 Å². The normalized spacial score (nSPS) is 17.6. The Hall–Kier alpha value is -0.520. The van der Waals surface area contributed by atoms with Crippen molar-refractivity contribution >= 4 is 14.2 Å². The second-order valence-corrected chi connectivity index (χ2v) is 9.75. The zero-order valence-corrected chi connectivity index (χ0v) is 20.1. The topological polar surface area (TPSA) is 75.4 Å². The first-order valence-corrected chi connectivity index (χ1v) is 13.8. The minimum Gasteiger partial charge on any atom is -0.756 e. The van der Waals surface area contributed by atoms with Crippen molar-refractivity contribution in [3.05, 3.63) is 12.4 Å². The van der Waals surface area contributed by atoms with E-state index in [4.69, 9.17) is 9.05 Å². The van der Waals surface area contributed by atoms with Crippen molar-refractivity contribution in [3.63, 3.8) is 0 Å². The Kier molecular flexibility index (Phi) is 17.6. The van der Waals surface area contributed by atoms with Gasteiger partial charge in [0.25, 0.3) is 7.82 Å². The third kappa shape index (κ3) is 17.2. The molecule has 0 aromatic heterocycles. The number of nitrogens with zero attached hydrogens (tertiary/aromatic N) is 1. The van der Waals surface area contributed by atoms with Crippen LogP contribution in [0.3, 0.4) is 0 Å². The fourth-order valence-corrected chi connectivity index (χ4v) is 4.35. The summed E-state index contributed by atoms with van der Waals surface area (Å²) in [5.41, 5.74) is 0. The molecule has 6 nitrogen and oxygen atoms in total. The summed E-state index contributed by atoms with van der Waals surface area (Å²) < 4.78 is 21.5. The van der Waals surface area contributed by atoms with Crippen LogP contribution in [0.5, 0.6) is 0 Å². The number of rotatable bonds is 22. The van der Waals surface area contributed by atoms with Gasteiger partial charge in [0.1, 0.15) is 19.4 Å². The van der Waals surface area contributed by atoms with Crippen molar-refractivity contribution in [1.82, 2.24) is 0 Å². The summed E-state index contributed by atoms with van der Waals surface area (Å²) in [6.07, 6.45) is 25.9. The molecule has 0 aliphatic carbocycles. The summed E-state index contributed by atoms with van der Waals surface area (Å²) >= 11 is 0. The molecule has 1 aliphatic rings. The molecule has 1 N–H and O–H groups in total. The van der Waals surface area contributed by atoms with Crippen LogP contribution in [0, 0.1) is 0 Å². The van der Waals surface area contributed by atoms with Crippen LogP contribution < -0.4 is 9.79 Å². The monoisotopic (exact) mass is 444 g/mol. The van der Waals surface area contributed by atoms with E-state index < -0.39 is 7.82 Å². The fourth-order valence-electron chi connectivity index (χ4n) is 3.61. The van der Waals surface area contributed by atoms with E-state index >= 15 is 0 Å². The summed E-state index contributed by atoms with van der Waals surface area (Å²) in [5.74, 6) is 0. The van der Waals surface area contributed by atoms with Crippen molar-refractivity contribution in [2.24, 2.45) is 4.99 Å². The first-order valence-electron chi connectivity index (χ1n) is 12.3. The van der Waals surface area contributed by atoms with Crippen molar-refractivity contribution < 1.29 is 23.4 Å². The Balaban J connectivity index is 1.77. The lowest BCUT2D eigenvalue weighted by Gasteiger charge is -2.22. The Morgan fingerprint density at radius 3 is 1.70 bits per heavy atom. The summed E-state index contributed by atoms with van der Waals surface area (Å²) in [5, 5.41) is 0. The van der Waals surface area contributed by atoms with E-state index in [1.54, 1.807) is 12.5 Å². The molecule has 0 fully saturated rings. The summed E-state index contributed by atoms with van der Waals surface area (Å²) in [6.45, 7) is 3.11. The maximum atomic E-state index is 11.7. The Morgan fingerprint density at radius 2 is 1.23 bits per heavy atom. The number of phosphoric ester groups is 1. The summed E-state index contributed by atoms with van der Waals surface area (Å²) in [7, 11) is -4.17. The molecule has 0 spiro atoms. The maximum Gasteiger partial charge on any atom is 0.268 e. The molecule has 2 atom stereocenters. The van der Waals surface area contributed by atoms with Gasteiger partial charge in [-0.15, -0.1) is 0 Å². The van der Waals surface area contributed by atoms with E-state index in [0.29, 0.717) is 6.54 Å². The molecule has 30 heavy (non-hydrogen) atoms. The molecule has 0 saturated carbocycles. The van der Waals surface area contributed by atoms with Gasteiger partial charge in [-0.05, 0) is 6.42 Å². The second-order valence-electron chi connectivity index (χ2n) is 8.34. The third-order valence-electron chi connectivity index (χ3n) is 5.50. The third-order valence-corrected chi connectivity index (χ3v) is 6.50. The van der Waals surface area contributed by atoms with Gasteiger partial charge >= 0.3 is 0 Å². The molecule has 7 heteroatoms. The predicted molar refractivity (Wildman–Crippen MR) is 123 cm³/mol. The summed E-state index contributed by atoms with van der Waals surface area (Å²) in [6, 6.07) is 0. The minimum atomic E-state index is -4.17. The molecule has 0 aromatic rings. The van der Waals surface area contributed by atoms with Gasteiger partial charge < -0.3 is 13.9 Å². The van der Waals surface area contributed by atoms with Gasteiger partial charge in [-0.1, -0.05) is 103 Å². The Morgan fingerprint density at radius 1 is 0.767 bits per heavy atom. The van der Waals surface area contributed by atoms with E-state index in [1.165, 1.54) is 83.5 Å². The zero-order valence-electron chi connectivity index (χ0n) is 19.2. The van der Waals surface area contributed by atoms with E-state index in [0.717, 1.165) is 24.2 Å². The molecule has 0 radical (unpaired) electrons. The SMILES string of the molecule is CCCCCCCCCCCCCCCCCCOP(=O)([O-])OCC[NH+]1C=CN=C1. The lowest BCUT2D eigenvalue weighted by Crippen LogP contribution is -3.06. The molecule has 176 valence electrons. The highest BCUT2D eigenvalue weighted by Crippen LogP contribution is 2.37. The van der Waals surface area contributed by atoms with Crippen LogP contribution in [-0.4, -0.2) is 26.1 Å². The van der Waals surface area contributed by atoms with E-state index in [1.807, 2.05) is 6.20 Å². The van der Waals surface area contributed by atoms with Crippen LogP contribution in [0.25, 0.3) is 0 Å². The van der Waals surface area contributed by atoms with Crippen molar-refractivity contribution in [1.29, 1.82) is 0 Å². The predicted octanol–water partition coefficient (Wildman–Crippen LogP) is 5.15. The lowest BCUT2D eigenvalue weighted by atomic mass is 10.0. The zero-order chi connectivity index (χ0) is 21.8. The molecule has 0 saturated heterocycles. The van der Waals surface area contributed by atoms with Gasteiger partial charge in [-0.3, -0.25) is 9.46 Å². The van der Waals surface area contributed by atoms with E-state index in [2.05, 4.69) is 11.9 Å². The largest absolute Gasteiger partial charge is 0.756 e. The van der Waals surface area contributed by atoms with Crippen LogP contribution in [0.15, 0.2) is 17.4 Å². The van der Waals surface area contributed by atoms with Gasteiger partial charge in [0.05, 0.1) is 12.8 Å². The molecule has 0 amide bonds. The van der Waals surface area contributed by atoms with Crippen LogP contribution >= 0.6 is 7.82 Å². The van der Waals surface area contributed by atoms with E-state index in [9.17, 15) is 9.46 Å². The quantitative estimate of drug-likeness (QED) is 0.185. The first kappa shape index (κ1) is 27.5. The summed E-state index contributed by atoms with van der Waals surface area (Å²) in [4.78, 5) is 16.6. The van der Waals surface area contributed by atoms with Crippen LogP contribution in [-0.2, 0) is 13.6 Å². The van der Waals surface area contributed by atoms with Gasteiger partial charge in [-0.25, -0.2) is 4.99 Å². The number of nitrogens with one attached hydrogen (secondary N) is 1. The fraction of sp³-hybridized carbons (Fsp3) is 0.870. The number of hydrogen-bond acceptors (Lipinski definition) is 5. The smallest absolute Gasteiger partial charge is 0.268 e. The number of aliphatic imine (C=N–C) groups is 1. The van der Waals surface area contributed by atoms with Crippen LogP contribution in [0.4, 0.5) is 0 Å². The molecule has 2 unspecified atom stereocenters.